The molecule has 1 aromatic heterocycles. The van der Waals surface area contributed by atoms with Crippen molar-refractivity contribution in [3.63, 3.8) is 0 Å². The summed E-state index contributed by atoms with van der Waals surface area (Å²) in [6.07, 6.45) is 5.52. The van der Waals surface area contributed by atoms with E-state index in [-0.39, 0.29) is 5.91 Å². The summed E-state index contributed by atoms with van der Waals surface area (Å²) in [5.41, 5.74) is 2.04. The summed E-state index contributed by atoms with van der Waals surface area (Å²) in [4.78, 5) is 19.6. The van der Waals surface area contributed by atoms with Gasteiger partial charge in [-0.2, -0.15) is 11.8 Å². The Labute approximate surface area is 154 Å². The van der Waals surface area contributed by atoms with Crippen molar-refractivity contribution in [1.82, 2.24) is 19.8 Å². The van der Waals surface area contributed by atoms with E-state index in [1.165, 1.54) is 6.42 Å². The van der Waals surface area contributed by atoms with Gasteiger partial charge in [-0.3, -0.25) is 4.79 Å². The van der Waals surface area contributed by atoms with E-state index >= 15 is 0 Å². The molecule has 25 heavy (non-hydrogen) atoms. The van der Waals surface area contributed by atoms with Crippen LogP contribution in [0.3, 0.4) is 0 Å². The predicted molar refractivity (Wildman–Crippen MR) is 105 cm³/mol. The maximum atomic E-state index is 12.8. The minimum absolute atomic E-state index is 0.220. The molecule has 2 aromatic rings. The molecule has 1 aromatic carbocycles. The van der Waals surface area contributed by atoms with Gasteiger partial charge in [0, 0.05) is 13.1 Å². The molecule has 0 spiro atoms. The third-order valence-electron chi connectivity index (χ3n) is 5.07. The van der Waals surface area contributed by atoms with Crippen molar-refractivity contribution in [3.05, 3.63) is 30.1 Å². The van der Waals surface area contributed by atoms with Crippen molar-refractivity contribution in [2.24, 2.45) is 5.92 Å². The number of imidazole rings is 1. The van der Waals surface area contributed by atoms with Crippen LogP contribution in [0.15, 0.2) is 24.3 Å². The fraction of sp³-hybridized carbons (Fsp3) is 0.579. The van der Waals surface area contributed by atoms with Crippen LogP contribution in [0.1, 0.15) is 25.1 Å². The number of benzene rings is 1. The van der Waals surface area contributed by atoms with Crippen molar-refractivity contribution < 1.29 is 4.79 Å². The van der Waals surface area contributed by atoms with Crippen molar-refractivity contribution in [2.75, 3.05) is 32.9 Å². The van der Waals surface area contributed by atoms with Gasteiger partial charge >= 0.3 is 0 Å². The Morgan fingerprint density at radius 1 is 1.32 bits per heavy atom. The molecule has 0 radical (unpaired) electrons. The minimum atomic E-state index is 0.220. The summed E-state index contributed by atoms with van der Waals surface area (Å²) in [6.45, 7) is 3.24. The highest BCUT2D eigenvalue weighted by molar-refractivity contribution is 7.97. The van der Waals surface area contributed by atoms with Gasteiger partial charge in [0.1, 0.15) is 12.4 Å². The van der Waals surface area contributed by atoms with E-state index in [4.69, 9.17) is 4.98 Å². The number of carbonyl (C=O) groups excluding carboxylic acids is 1. The van der Waals surface area contributed by atoms with Gasteiger partial charge < -0.3 is 14.8 Å². The summed E-state index contributed by atoms with van der Waals surface area (Å²) in [7, 11) is 2.00. The number of piperidine rings is 1. The van der Waals surface area contributed by atoms with Crippen LogP contribution in [0, 0.1) is 5.92 Å². The number of aromatic nitrogens is 2. The number of carbonyl (C=O) groups is 1. The van der Waals surface area contributed by atoms with E-state index in [1.807, 2.05) is 30.1 Å². The fourth-order valence-corrected chi connectivity index (χ4v) is 4.07. The molecular weight excluding hydrogens is 332 g/mol. The quantitative estimate of drug-likeness (QED) is 0.825. The zero-order valence-corrected chi connectivity index (χ0v) is 16.0. The monoisotopic (exact) mass is 360 g/mol. The van der Waals surface area contributed by atoms with Crippen LogP contribution in [0.5, 0.6) is 0 Å². The Kier molecular flexibility index (Phi) is 6.37. The first-order chi connectivity index (χ1) is 12.2. The van der Waals surface area contributed by atoms with Crippen molar-refractivity contribution in [3.8, 4) is 0 Å². The summed E-state index contributed by atoms with van der Waals surface area (Å²) in [6, 6.07) is 8.10. The Hall–Kier alpha value is -1.53. The lowest BCUT2D eigenvalue weighted by atomic mass is 9.93. The molecule has 1 fully saturated rings. The number of nitrogens with one attached hydrogen (secondary N) is 1. The second kappa shape index (κ2) is 8.72. The highest BCUT2D eigenvalue weighted by Gasteiger charge is 2.23. The largest absolute Gasteiger partial charge is 0.341 e. The van der Waals surface area contributed by atoms with E-state index in [0.717, 1.165) is 61.0 Å². The number of para-hydroxylation sites is 2. The molecule has 5 nitrogen and oxygen atoms in total. The molecule has 1 saturated heterocycles. The number of fused-ring (bicyclic) bond motifs is 1. The lowest BCUT2D eigenvalue weighted by molar-refractivity contribution is -0.133. The molecule has 1 N–H and O–H groups in total. The van der Waals surface area contributed by atoms with Crippen LogP contribution in [0.25, 0.3) is 11.0 Å². The molecule has 1 aliphatic heterocycles. The normalized spacial score (nSPS) is 15.8. The lowest BCUT2D eigenvalue weighted by Gasteiger charge is -2.32. The average Bonchev–Trinajstić information content (AvgIpc) is 2.98. The SMILES string of the molecule is CNCCC1CCN(C(=O)Cn2c(CSC)nc3ccccc32)CC1. The number of hydrogen-bond acceptors (Lipinski definition) is 4. The fourth-order valence-electron chi connectivity index (χ4n) is 3.60. The molecule has 3 rings (SSSR count). The molecule has 0 unspecified atom stereocenters. The van der Waals surface area contributed by atoms with E-state index in [1.54, 1.807) is 11.8 Å². The maximum Gasteiger partial charge on any atom is 0.242 e. The van der Waals surface area contributed by atoms with Gasteiger partial charge in [-0.05, 0) is 57.2 Å². The van der Waals surface area contributed by atoms with Crippen molar-refractivity contribution in [2.45, 2.75) is 31.6 Å². The van der Waals surface area contributed by atoms with E-state index in [9.17, 15) is 4.79 Å². The maximum absolute atomic E-state index is 12.8. The first kappa shape index (κ1) is 18.3. The molecule has 0 saturated carbocycles. The molecule has 0 bridgehead atoms. The van der Waals surface area contributed by atoms with Gasteiger partial charge in [0.05, 0.1) is 16.8 Å². The van der Waals surface area contributed by atoms with Crippen molar-refractivity contribution in [1.29, 1.82) is 0 Å². The molecule has 2 heterocycles. The summed E-state index contributed by atoms with van der Waals surface area (Å²) < 4.78 is 2.10. The number of amides is 1. The van der Waals surface area contributed by atoms with Crippen LogP contribution < -0.4 is 5.32 Å². The van der Waals surface area contributed by atoms with Gasteiger partial charge in [0.2, 0.25) is 5.91 Å². The first-order valence-corrected chi connectivity index (χ1v) is 10.5. The standard InChI is InChI=1S/C19H28N4OS/c1-20-10-7-15-8-11-22(12-9-15)19(24)13-23-17-6-4-3-5-16(17)21-18(23)14-25-2/h3-6,15,20H,7-14H2,1-2H3. The third-order valence-corrected chi connectivity index (χ3v) is 5.62. The molecule has 136 valence electrons. The second-order valence-corrected chi connectivity index (χ2v) is 7.62. The number of thioether (sulfide) groups is 1. The predicted octanol–water partition coefficient (Wildman–Crippen LogP) is 2.75. The van der Waals surface area contributed by atoms with Gasteiger partial charge in [0.25, 0.3) is 0 Å². The molecule has 1 amide bonds. The Morgan fingerprint density at radius 2 is 2.08 bits per heavy atom. The Balaban J connectivity index is 1.67. The minimum Gasteiger partial charge on any atom is -0.341 e. The van der Waals surface area contributed by atoms with Gasteiger partial charge in [-0.25, -0.2) is 4.98 Å². The van der Waals surface area contributed by atoms with E-state index < -0.39 is 0 Å². The highest BCUT2D eigenvalue weighted by atomic mass is 32.2. The molecule has 1 aliphatic rings. The summed E-state index contributed by atoms with van der Waals surface area (Å²) in [5, 5.41) is 3.22. The molecule has 0 atom stereocenters. The number of rotatable bonds is 7. The zero-order chi connectivity index (χ0) is 17.6. The average molecular weight is 361 g/mol. The Bertz CT molecular complexity index is 707. The summed E-state index contributed by atoms with van der Waals surface area (Å²) in [5.74, 6) is 2.79. The number of hydrogen-bond donors (Lipinski definition) is 1. The van der Waals surface area contributed by atoms with E-state index in [0.29, 0.717) is 6.54 Å². The zero-order valence-electron chi connectivity index (χ0n) is 15.2. The molecule has 6 heteroatoms. The van der Waals surface area contributed by atoms with Gasteiger partial charge in [-0.15, -0.1) is 0 Å². The second-order valence-electron chi connectivity index (χ2n) is 6.75. The Morgan fingerprint density at radius 3 is 2.80 bits per heavy atom. The van der Waals surface area contributed by atoms with Crippen LogP contribution in [0.4, 0.5) is 0 Å². The van der Waals surface area contributed by atoms with Gasteiger partial charge in [0.15, 0.2) is 0 Å². The van der Waals surface area contributed by atoms with Crippen molar-refractivity contribution >= 4 is 28.7 Å². The highest BCUT2D eigenvalue weighted by Crippen LogP contribution is 2.22. The lowest BCUT2D eigenvalue weighted by Crippen LogP contribution is -2.40. The van der Waals surface area contributed by atoms with Crippen LogP contribution in [0.2, 0.25) is 0 Å². The van der Waals surface area contributed by atoms with Gasteiger partial charge in [-0.1, -0.05) is 12.1 Å². The summed E-state index contributed by atoms with van der Waals surface area (Å²) >= 11 is 1.74. The smallest absolute Gasteiger partial charge is 0.242 e. The topological polar surface area (TPSA) is 50.2 Å². The van der Waals surface area contributed by atoms with E-state index in [2.05, 4.69) is 22.2 Å². The van der Waals surface area contributed by atoms with Crippen LogP contribution in [-0.4, -0.2) is 53.3 Å². The number of nitrogens with zero attached hydrogens (tertiary/aromatic N) is 3. The third kappa shape index (κ3) is 4.36. The molecule has 0 aliphatic carbocycles. The molecular formula is C19H28N4OS. The number of likely N-dealkylation sites (tertiary alicyclic amines) is 1. The van der Waals surface area contributed by atoms with Crippen LogP contribution in [-0.2, 0) is 17.1 Å². The van der Waals surface area contributed by atoms with Crippen LogP contribution >= 0.6 is 11.8 Å². The first-order valence-electron chi connectivity index (χ1n) is 9.08.